The summed E-state index contributed by atoms with van der Waals surface area (Å²) in [7, 11) is 0. The Balaban J connectivity index is 1.99. The van der Waals surface area contributed by atoms with Gasteiger partial charge in [0.2, 0.25) is 0 Å². The molecule has 0 heterocycles. The van der Waals surface area contributed by atoms with E-state index in [2.05, 4.69) is 20.8 Å². The molecule has 0 aliphatic heterocycles. The standard InChI is InChI=1S/C16H22BrNO2/c17-14-8-6-13(7-9-14)16(20)12-18(10-11-19)15-4-2-1-3-5-15/h6-9,15,19H,1-5,10-12H2. The van der Waals surface area contributed by atoms with Crippen LogP contribution in [0.15, 0.2) is 28.7 Å². The molecule has 1 aromatic rings. The van der Waals surface area contributed by atoms with Crippen LogP contribution in [0.1, 0.15) is 42.5 Å². The summed E-state index contributed by atoms with van der Waals surface area (Å²) in [6.07, 6.45) is 6.06. The van der Waals surface area contributed by atoms with Crippen molar-refractivity contribution < 1.29 is 9.90 Å². The number of Topliss-reactive ketones (excluding diaryl/α,β-unsaturated/α-hetero) is 1. The fourth-order valence-electron chi connectivity index (χ4n) is 2.88. The monoisotopic (exact) mass is 339 g/mol. The van der Waals surface area contributed by atoms with E-state index in [1.54, 1.807) is 0 Å². The zero-order valence-corrected chi connectivity index (χ0v) is 13.3. The van der Waals surface area contributed by atoms with Crippen LogP contribution in [0.25, 0.3) is 0 Å². The summed E-state index contributed by atoms with van der Waals surface area (Å²) in [6, 6.07) is 7.94. The molecule has 0 radical (unpaired) electrons. The number of halogens is 1. The van der Waals surface area contributed by atoms with Crippen LogP contribution in [0.2, 0.25) is 0 Å². The number of nitrogens with zero attached hydrogens (tertiary/aromatic N) is 1. The smallest absolute Gasteiger partial charge is 0.176 e. The van der Waals surface area contributed by atoms with Gasteiger partial charge in [-0.15, -0.1) is 0 Å². The normalized spacial score (nSPS) is 16.6. The van der Waals surface area contributed by atoms with Gasteiger partial charge in [-0.1, -0.05) is 47.3 Å². The minimum absolute atomic E-state index is 0.115. The molecule has 1 N–H and O–H groups in total. The van der Waals surface area contributed by atoms with Crippen molar-refractivity contribution in [2.75, 3.05) is 19.7 Å². The van der Waals surface area contributed by atoms with Gasteiger partial charge < -0.3 is 5.11 Å². The average molecular weight is 340 g/mol. The van der Waals surface area contributed by atoms with Gasteiger partial charge >= 0.3 is 0 Å². The van der Waals surface area contributed by atoms with Gasteiger partial charge in [-0.3, -0.25) is 9.69 Å². The number of carbonyl (C=O) groups excluding carboxylic acids is 1. The van der Waals surface area contributed by atoms with Crippen LogP contribution >= 0.6 is 15.9 Å². The number of benzene rings is 1. The Morgan fingerprint density at radius 1 is 1.20 bits per heavy atom. The molecule has 1 aromatic carbocycles. The predicted molar refractivity (Wildman–Crippen MR) is 84.0 cm³/mol. The molecule has 2 rings (SSSR count). The highest BCUT2D eigenvalue weighted by Gasteiger charge is 2.23. The Morgan fingerprint density at radius 3 is 2.45 bits per heavy atom. The Hall–Kier alpha value is -0.710. The zero-order chi connectivity index (χ0) is 14.4. The molecule has 4 heteroatoms. The van der Waals surface area contributed by atoms with Crippen molar-refractivity contribution in [2.24, 2.45) is 0 Å². The highest BCUT2D eigenvalue weighted by Crippen LogP contribution is 2.22. The summed E-state index contributed by atoms with van der Waals surface area (Å²) in [4.78, 5) is 14.5. The second-order valence-corrected chi connectivity index (χ2v) is 6.33. The fourth-order valence-corrected chi connectivity index (χ4v) is 3.14. The summed E-state index contributed by atoms with van der Waals surface area (Å²) in [5.74, 6) is 0.136. The number of aliphatic hydroxyl groups excluding tert-OH is 1. The van der Waals surface area contributed by atoms with Crippen LogP contribution < -0.4 is 0 Å². The topological polar surface area (TPSA) is 40.5 Å². The molecule has 0 amide bonds. The third-order valence-corrected chi connectivity index (χ3v) is 4.52. The van der Waals surface area contributed by atoms with Gasteiger partial charge in [0.1, 0.15) is 0 Å². The molecule has 0 aromatic heterocycles. The second kappa shape index (κ2) is 7.91. The molecule has 0 atom stereocenters. The van der Waals surface area contributed by atoms with Crippen LogP contribution in [-0.2, 0) is 0 Å². The van der Waals surface area contributed by atoms with E-state index in [0.29, 0.717) is 19.1 Å². The second-order valence-electron chi connectivity index (χ2n) is 5.42. The molecule has 1 fully saturated rings. The van der Waals surface area contributed by atoms with Crippen molar-refractivity contribution in [3.05, 3.63) is 34.3 Å². The first-order valence-corrected chi connectivity index (χ1v) is 8.13. The van der Waals surface area contributed by atoms with E-state index < -0.39 is 0 Å². The lowest BCUT2D eigenvalue weighted by Crippen LogP contribution is -2.41. The van der Waals surface area contributed by atoms with Gasteiger partial charge in [-0.2, -0.15) is 0 Å². The number of hydrogen-bond donors (Lipinski definition) is 1. The first kappa shape index (κ1) is 15.7. The minimum Gasteiger partial charge on any atom is -0.395 e. The molecule has 0 bridgehead atoms. The Kier molecular flexibility index (Phi) is 6.20. The molecule has 0 saturated heterocycles. The molecule has 110 valence electrons. The molecule has 20 heavy (non-hydrogen) atoms. The summed E-state index contributed by atoms with van der Waals surface area (Å²) in [5, 5.41) is 9.23. The maximum Gasteiger partial charge on any atom is 0.176 e. The third-order valence-electron chi connectivity index (χ3n) is 3.99. The summed E-state index contributed by atoms with van der Waals surface area (Å²) in [6.45, 7) is 1.11. The van der Waals surface area contributed by atoms with E-state index in [4.69, 9.17) is 0 Å². The minimum atomic E-state index is 0.115. The summed E-state index contributed by atoms with van der Waals surface area (Å²) >= 11 is 3.38. The van der Waals surface area contributed by atoms with E-state index in [1.165, 1.54) is 19.3 Å². The molecule has 0 unspecified atom stereocenters. The maximum absolute atomic E-state index is 12.3. The molecular formula is C16H22BrNO2. The van der Waals surface area contributed by atoms with Crippen LogP contribution in [0.3, 0.4) is 0 Å². The van der Waals surface area contributed by atoms with Gasteiger partial charge in [-0.05, 0) is 25.0 Å². The van der Waals surface area contributed by atoms with Crippen molar-refractivity contribution in [1.29, 1.82) is 0 Å². The lowest BCUT2D eigenvalue weighted by Gasteiger charge is -2.33. The van der Waals surface area contributed by atoms with Gasteiger partial charge in [0.25, 0.3) is 0 Å². The zero-order valence-electron chi connectivity index (χ0n) is 11.7. The van der Waals surface area contributed by atoms with Crippen LogP contribution in [0.5, 0.6) is 0 Å². The highest BCUT2D eigenvalue weighted by atomic mass is 79.9. The van der Waals surface area contributed by atoms with E-state index in [1.807, 2.05) is 24.3 Å². The summed E-state index contributed by atoms with van der Waals surface area (Å²) < 4.78 is 0.980. The average Bonchev–Trinajstić information content (AvgIpc) is 2.48. The number of rotatable bonds is 6. The number of aliphatic hydroxyl groups is 1. The molecule has 1 saturated carbocycles. The van der Waals surface area contributed by atoms with E-state index >= 15 is 0 Å². The SMILES string of the molecule is O=C(CN(CCO)C1CCCCC1)c1ccc(Br)cc1. The number of hydrogen-bond acceptors (Lipinski definition) is 3. The Morgan fingerprint density at radius 2 is 1.85 bits per heavy atom. The van der Waals surface area contributed by atoms with Crippen LogP contribution in [0.4, 0.5) is 0 Å². The highest BCUT2D eigenvalue weighted by molar-refractivity contribution is 9.10. The van der Waals surface area contributed by atoms with Gasteiger partial charge in [0.15, 0.2) is 5.78 Å². The van der Waals surface area contributed by atoms with Gasteiger partial charge in [0.05, 0.1) is 13.2 Å². The van der Waals surface area contributed by atoms with Crippen molar-refractivity contribution in [3.8, 4) is 0 Å². The van der Waals surface area contributed by atoms with E-state index in [-0.39, 0.29) is 12.4 Å². The van der Waals surface area contributed by atoms with E-state index in [9.17, 15) is 9.90 Å². The third kappa shape index (κ3) is 4.40. The molecule has 1 aliphatic rings. The maximum atomic E-state index is 12.3. The quantitative estimate of drug-likeness (QED) is 0.808. The largest absolute Gasteiger partial charge is 0.395 e. The molecule has 1 aliphatic carbocycles. The van der Waals surface area contributed by atoms with Crippen LogP contribution in [-0.4, -0.2) is 41.5 Å². The van der Waals surface area contributed by atoms with Crippen molar-refractivity contribution >= 4 is 21.7 Å². The fraction of sp³-hybridized carbons (Fsp3) is 0.562. The Labute approximate surface area is 129 Å². The van der Waals surface area contributed by atoms with Gasteiger partial charge in [0, 0.05) is 22.6 Å². The summed E-state index contributed by atoms with van der Waals surface area (Å²) in [5.41, 5.74) is 0.743. The molecular weight excluding hydrogens is 318 g/mol. The first-order valence-electron chi connectivity index (χ1n) is 7.34. The van der Waals surface area contributed by atoms with Crippen molar-refractivity contribution in [3.63, 3.8) is 0 Å². The Bertz CT molecular complexity index is 427. The van der Waals surface area contributed by atoms with Crippen molar-refractivity contribution in [2.45, 2.75) is 38.1 Å². The van der Waals surface area contributed by atoms with Crippen molar-refractivity contribution in [1.82, 2.24) is 4.90 Å². The molecule has 0 spiro atoms. The number of carbonyl (C=O) groups is 1. The molecule has 3 nitrogen and oxygen atoms in total. The predicted octanol–water partition coefficient (Wildman–Crippen LogP) is 3.26. The van der Waals surface area contributed by atoms with Crippen LogP contribution in [0, 0.1) is 0 Å². The van der Waals surface area contributed by atoms with E-state index in [0.717, 1.165) is 22.9 Å². The van der Waals surface area contributed by atoms with Gasteiger partial charge in [-0.25, -0.2) is 0 Å². The first-order chi connectivity index (χ1) is 9.70. The lowest BCUT2D eigenvalue weighted by molar-refractivity contribution is 0.0814. The number of ketones is 1. The lowest BCUT2D eigenvalue weighted by atomic mass is 9.94.